The van der Waals surface area contributed by atoms with Crippen LogP contribution in [-0.4, -0.2) is 15.8 Å². The number of oxazole rings is 1. The summed E-state index contributed by atoms with van der Waals surface area (Å²) in [6, 6.07) is 18.7. The predicted octanol–water partition coefficient (Wildman–Crippen LogP) is 5.78. The van der Waals surface area contributed by atoms with Gasteiger partial charge in [-0.2, -0.15) is 0 Å². The standard InChI is InChI=1S/C23H19N3O4/c1-14(2)15-3-5-17(6-4-15)23-25-20-13-18(9-12-21(20)30-23)24-22(27)16-7-10-19(11-8-16)26(28)29/h3-14H,1-2H3,(H,24,27). The molecular formula is C23H19N3O4. The number of anilines is 1. The largest absolute Gasteiger partial charge is 0.436 e. The molecule has 1 amide bonds. The Morgan fingerprint density at radius 1 is 1.03 bits per heavy atom. The zero-order chi connectivity index (χ0) is 21.3. The lowest BCUT2D eigenvalue weighted by atomic mass is 10.0. The summed E-state index contributed by atoms with van der Waals surface area (Å²) in [4.78, 5) is 27.2. The molecule has 0 radical (unpaired) electrons. The van der Waals surface area contributed by atoms with Crippen molar-refractivity contribution in [3.63, 3.8) is 0 Å². The molecule has 0 spiro atoms. The van der Waals surface area contributed by atoms with Crippen LogP contribution in [0.1, 0.15) is 35.7 Å². The van der Waals surface area contributed by atoms with Crippen molar-refractivity contribution < 1.29 is 14.1 Å². The molecule has 4 rings (SSSR count). The molecule has 0 unspecified atom stereocenters. The summed E-state index contributed by atoms with van der Waals surface area (Å²) in [5.74, 6) is 0.598. The van der Waals surface area contributed by atoms with E-state index in [4.69, 9.17) is 4.42 Å². The van der Waals surface area contributed by atoms with Gasteiger partial charge in [0.15, 0.2) is 5.58 Å². The summed E-state index contributed by atoms with van der Waals surface area (Å²) in [6.07, 6.45) is 0. The molecule has 1 aromatic heterocycles. The van der Waals surface area contributed by atoms with Gasteiger partial charge in [-0.15, -0.1) is 0 Å². The monoisotopic (exact) mass is 401 g/mol. The molecule has 0 saturated heterocycles. The maximum atomic E-state index is 12.4. The maximum absolute atomic E-state index is 12.4. The number of rotatable bonds is 5. The fourth-order valence-corrected chi connectivity index (χ4v) is 3.08. The Morgan fingerprint density at radius 3 is 2.37 bits per heavy atom. The van der Waals surface area contributed by atoms with Crippen molar-refractivity contribution in [2.24, 2.45) is 0 Å². The van der Waals surface area contributed by atoms with E-state index in [2.05, 4.69) is 36.3 Å². The number of aromatic nitrogens is 1. The molecule has 150 valence electrons. The number of nitro groups is 1. The highest BCUT2D eigenvalue weighted by molar-refractivity contribution is 6.05. The molecule has 30 heavy (non-hydrogen) atoms. The maximum Gasteiger partial charge on any atom is 0.269 e. The number of amides is 1. The van der Waals surface area contributed by atoms with E-state index in [0.29, 0.717) is 34.2 Å². The Balaban J connectivity index is 1.54. The Hall–Kier alpha value is -4.00. The topological polar surface area (TPSA) is 98.3 Å². The lowest BCUT2D eigenvalue weighted by Gasteiger charge is -2.04. The number of non-ortho nitro benzene ring substituents is 1. The van der Waals surface area contributed by atoms with Crippen LogP contribution in [0.2, 0.25) is 0 Å². The molecule has 0 atom stereocenters. The Morgan fingerprint density at radius 2 is 1.73 bits per heavy atom. The minimum absolute atomic E-state index is 0.0653. The first-order valence-corrected chi connectivity index (χ1v) is 9.47. The Labute approximate surface area is 172 Å². The highest BCUT2D eigenvalue weighted by Crippen LogP contribution is 2.27. The summed E-state index contributed by atoms with van der Waals surface area (Å²) in [5.41, 5.74) is 4.18. The van der Waals surface area contributed by atoms with Gasteiger partial charge < -0.3 is 9.73 Å². The van der Waals surface area contributed by atoms with Crippen LogP contribution in [0.3, 0.4) is 0 Å². The third-order valence-corrected chi connectivity index (χ3v) is 4.81. The molecule has 0 aliphatic rings. The summed E-state index contributed by atoms with van der Waals surface area (Å²) in [5, 5.41) is 13.5. The van der Waals surface area contributed by atoms with E-state index >= 15 is 0 Å². The molecule has 3 aromatic carbocycles. The van der Waals surface area contributed by atoms with Gasteiger partial charge in [0.2, 0.25) is 5.89 Å². The second-order valence-electron chi connectivity index (χ2n) is 7.24. The molecule has 0 bridgehead atoms. The van der Waals surface area contributed by atoms with Crippen LogP contribution in [0.4, 0.5) is 11.4 Å². The number of nitrogens with one attached hydrogen (secondary N) is 1. The average Bonchev–Trinajstić information content (AvgIpc) is 3.17. The van der Waals surface area contributed by atoms with Crippen LogP contribution in [0.15, 0.2) is 71.1 Å². The molecule has 0 saturated carbocycles. The van der Waals surface area contributed by atoms with Crippen LogP contribution >= 0.6 is 0 Å². The predicted molar refractivity (Wildman–Crippen MR) is 115 cm³/mol. The highest BCUT2D eigenvalue weighted by Gasteiger charge is 2.12. The number of nitrogens with zero attached hydrogens (tertiary/aromatic N) is 2. The Kier molecular flexibility index (Phi) is 5.02. The van der Waals surface area contributed by atoms with Gasteiger partial charge in [0.05, 0.1) is 4.92 Å². The SMILES string of the molecule is CC(C)c1ccc(-c2nc3cc(NC(=O)c4ccc([N+](=O)[O-])cc4)ccc3o2)cc1. The second kappa shape index (κ2) is 7.79. The lowest BCUT2D eigenvalue weighted by Crippen LogP contribution is -2.11. The van der Waals surface area contributed by atoms with E-state index in [-0.39, 0.29) is 11.6 Å². The highest BCUT2D eigenvalue weighted by atomic mass is 16.6. The first-order valence-electron chi connectivity index (χ1n) is 9.47. The van der Waals surface area contributed by atoms with Crippen LogP contribution in [-0.2, 0) is 0 Å². The normalized spacial score (nSPS) is 11.0. The third-order valence-electron chi connectivity index (χ3n) is 4.81. The fourth-order valence-electron chi connectivity index (χ4n) is 3.08. The lowest BCUT2D eigenvalue weighted by molar-refractivity contribution is -0.384. The molecule has 4 aromatic rings. The first kappa shape index (κ1) is 19.3. The molecule has 1 heterocycles. The van der Waals surface area contributed by atoms with Crippen molar-refractivity contribution in [3.05, 3.63) is 88.0 Å². The van der Waals surface area contributed by atoms with Gasteiger partial charge in [-0.3, -0.25) is 14.9 Å². The minimum Gasteiger partial charge on any atom is -0.436 e. The molecule has 0 aliphatic carbocycles. The minimum atomic E-state index is -0.506. The number of carbonyl (C=O) groups is 1. The van der Waals surface area contributed by atoms with E-state index in [0.717, 1.165) is 5.56 Å². The van der Waals surface area contributed by atoms with E-state index in [1.807, 2.05) is 12.1 Å². The molecule has 1 N–H and O–H groups in total. The van der Waals surface area contributed by atoms with Crippen molar-refractivity contribution in [1.82, 2.24) is 4.98 Å². The third kappa shape index (κ3) is 3.91. The van der Waals surface area contributed by atoms with Gasteiger partial charge in [-0.05, 0) is 53.9 Å². The summed E-state index contributed by atoms with van der Waals surface area (Å²) in [7, 11) is 0. The quantitative estimate of drug-likeness (QED) is 0.338. The first-order chi connectivity index (χ1) is 14.4. The molecule has 0 aliphatic heterocycles. The van der Waals surface area contributed by atoms with E-state index in [1.54, 1.807) is 18.2 Å². The van der Waals surface area contributed by atoms with Gasteiger partial charge >= 0.3 is 0 Å². The number of nitro benzene ring substituents is 1. The molecular weight excluding hydrogens is 382 g/mol. The number of hydrogen-bond donors (Lipinski definition) is 1. The smallest absolute Gasteiger partial charge is 0.269 e. The van der Waals surface area contributed by atoms with Crippen molar-refractivity contribution in [3.8, 4) is 11.5 Å². The molecule has 7 nitrogen and oxygen atoms in total. The zero-order valence-corrected chi connectivity index (χ0v) is 16.5. The van der Waals surface area contributed by atoms with Gasteiger partial charge in [0, 0.05) is 28.9 Å². The number of carbonyl (C=O) groups excluding carboxylic acids is 1. The number of hydrogen-bond acceptors (Lipinski definition) is 5. The van der Waals surface area contributed by atoms with Crippen LogP contribution < -0.4 is 5.32 Å². The number of benzene rings is 3. The van der Waals surface area contributed by atoms with Crippen molar-refractivity contribution in [2.45, 2.75) is 19.8 Å². The summed E-state index contributed by atoms with van der Waals surface area (Å²) < 4.78 is 5.85. The Bertz CT molecular complexity index is 1230. The summed E-state index contributed by atoms with van der Waals surface area (Å²) in [6.45, 7) is 4.28. The number of fused-ring (bicyclic) bond motifs is 1. The van der Waals surface area contributed by atoms with Crippen LogP contribution in [0.25, 0.3) is 22.6 Å². The second-order valence-corrected chi connectivity index (χ2v) is 7.24. The van der Waals surface area contributed by atoms with Gasteiger partial charge in [0.1, 0.15) is 5.52 Å². The van der Waals surface area contributed by atoms with Crippen LogP contribution in [0, 0.1) is 10.1 Å². The zero-order valence-electron chi connectivity index (χ0n) is 16.5. The van der Waals surface area contributed by atoms with Crippen molar-refractivity contribution >= 4 is 28.4 Å². The van der Waals surface area contributed by atoms with Crippen molar-refractivity contribution in [1.29, 1.82) is 0 Å². The molecule has 0 fully saturated rings. The van der Waals surface area contributed by atoms with Crippen molar-refractivity contribution in [2.75, 3.05) is 5.32 Å². The summed E-state index contributed by atoms with van der Waals surface area (Å²) >= 11 is 0. The van der Waals surface area contributed by atoms with Gasteiger partial charge in [-0.25, -0.2) is 4.98 Å². The average molecular weight is 401 g/mol. The van der Waals surface area contributed by atoms with E-state index < -0.39 is 4.92 Å². The fraction of sp³-hybridized carbons (Fsp3) is 0.130. The van der Waals surface area contributed by atoms with Crippen LogP contribution in [0.5, 0.6) is 0 Å². The van der Waals surface area contributed by atoms with E-state index in [9.17, 15) is 14.9 Å². The molecule has 7 heteroatoms. The van der Waals surface area contributed by atoms with Gasteiger partial charge in [-0.1, -0.05) is 26.0 Å². The van der Waals surface area contributed by atoms with Gasteiger partial charge in [0.25, 0.3) is 11.6 Å². The van der Waals surface area contributed by atoms with E-state index in [1.165, 1.54) is 29.8 Å².